The third kappa shape index (κ3) is 7.70. The number of benzene rings is 1. The van der Waals surface area contributed by atoms with Crippen LogP contribution in [0.1, 0.15) is 49.9 Å². The lowest BCUT2D eigenvalue weighted by atomic mass is 10.1. The number of ether oxygens (including phenoxy) is 1. The molecule has 164 valence electrons. The van der Waals surface area contributed by atoms with Gasteiger partial charge in [0.25, 0.3) is 5.91 Å². The summed E-state index contributed by atoms with van der Waals surface area (Å²) in [5, 5.41) is 0. The minimum absolute atomic E-state index is 0.108. The Morgan fingerprint density at radius 2 is 1.90 bits per heavy atom. The Balaban J connectivity index is 2.10. The van der Waals surface area contributed by atoms with Gasteiger partial charge in [-0.05, 0) is 24.6 Å². The van der Waals surface area contributed by atoms with Crippen LogP contribution in [-0.4, -0.2) is 76.6 Å². The molecule has 1 fully saturated rings. The number of nitrogens with zero attached hydrogens (tertiary/aromatic N) is 2. The minimum Gasteiger partial charge on any atom is -0.379 e. The van der Waals surface area contributed by atoms with Crippen LogP contribution in [0.5, 0.6) is 0 Å². The molecule has 1 saturated heterocycles. The Morgan fingerprint density at radius 1 is 1.14 bits per heavy atom. The van der Waals surface area contributed by atoms with Gasteiger partial charge in [-0.1, -0.05) is 39.2 Å². The van der Waals surface area contributed by atoms with Crippen molar-refractivity contribution in [2.75, 3.05) is 52.5 Å². The summed E-state index contributed by atoms with van der Waals surface area (Å²) in [7, 11) is -3.59. The van der Waals surface area contributed by atoms with Crippen molar-refractivity contribution in [3.05, 3.63) is 29.8 Å². The van der Waals surface area contributed by atoms with Crippen LogP contribution in [0.15, 0.2) is 29.2 Å². The zero-order chi connectivity index (χ0) is 21.1. The lowest BCUT2D eigenvalue weighted by Gasteiger charge is -2.30. The van der Waals surface area contributed by atoms with Gasteiger partial charge in [-0.2, -0.15) is 0 Å². The number of carbonyl (C=O) groups excluding carboxylic acids is 1. The maximum Gasteiger partial charge on any atom is 0.253 e. The van der Waals surface area contributed by atoms with Gasteiger partial charge in [0, 0.05) is 44.8 Å². The van der Waals surface area contributed by atoms with Crippen LogP contribution >= 0.6 is 0 Å². The molecule has 2 rings (SSSR count). The Bertz CT molecular complexity index is 733. The fourth-order valence-corrected chi connectivity index (χ4v) is 4.47. The second kappa shape index (κ2) is 12.3. The van der Waals surface area contributed by atoms with Gasteiger partial charge >= 0.3 is 0 Å². The molecule has 1 aromatic carbocycles. The Morgan fingerprint density at radius 3 is 2.59 bits per heavy atom. The van der Waals surface area contributed by atoms with Gasteiger partial charge in [-0.25, -0.2) is 13.1 Å². The summed E-state index contributed by atoms with van der Waals surface area (Å²) in [5.74, 6) is -0.108. The summed E-state index contributed by atoms with van der Waals surface area (Å²) in [4.78, 5) is 17.5. The summed E-state index contributed by atoms with van der Waals surface area (Å²) >= 11 is 0. The van der Waals surface area contributed by atoms with Gasteiger partial charge in [0.05, 0.1) is 18.1 Å². The summed E-state index contributed by atoms with van der Waals surface area (Å²) in [6, 6.07) is 6.33. The lowest BCUT2D eigenvalue weighted by Crippen LogP contribution is -2.43. The van der Waals surface area contributed by atoms with E-state index in [2.05, 4.69) is 16.5 Å². The van der Waals surface area contributed by atoms with Crippen LogP contribution in [-0.2, 0) is 14.8 Å². The number of rotatable bonds is 12. The van der Waals surface area contributed by atoms with E-state index < -0.39 is 10.0 Å². The number of sulfonamides is 1. The van der Waals surface area contributed by atoms with Crippen molar-refractivity contribution in [3.8, 4) is 0 Å². The number of hydrogen-bond donors (Lipinski definition) is 1. The molecule has 29 heavy (non-hydrogen) atoms. The SMILES string of the molecule is CCCCCCN(CCN1CCOCC1)C(=O)c1cccc(S(=O)(=O)NCC)c1. The second-order valence-electron chi connectivity index (χ2n) is 7.34. The van der Waals surface area contributed by atoms with Crippen LogP contribution in [0.4, 0.5) is 0 Å². The molecule has 0 aliphatic carbocycles. The van der Waals surface area contributed by atoms with E-state index in [1.54, 1.807) is 19.1 Å². The number of carbonyl (C=O) groups is 1. The molecule has 1 aliphatic heterocycles. The van der Waals surface area contributed by atoms with E-state index in [-0.39, 0.29) is 10.8 Å². The molecule has 1 amide bonds. The topological polar surface area (TPSA) is 79.0 Å². The fourth-order valence-electron chi connectivity index (χ4n) is 3.38. The van der Waals surface area contributed by atoms with Crippen molar-refractivity contribution in [1.29, 1.82) is 0 Å². The summed E-state index contributed by atoms with van der Waals surface area (Å²) < 4.78 is 32.5. The highest BCUT2D eigenvalue weighted by atomic mass is 32.2. The van der Waals surface area contributed by atoms with E-state index in [4.69, 9.17) is 4.74 Å². The third-order valence-electron chi connectivity index (χ3n) is 5.08. The van der Waals surface area contributed by atoms with Crippen molar-refractivity contribution >= 4 is 15.9 Å². The molecule has 1 N–H and O–H groups in total. The zero-order valence-corrected chi connectivity index (χ0v) is 18.5. The van der Waals surface area contributed by atoms with E-state index in [9.17, 15) is 13.2 Å². The van der Waals surface area contributed by atoms with Gasteiger partial charge in [0.2, 0.25) is 10.0 Å². The predicted molar refractivity (Wildman–Crippen MR) is 115 cm³/mol. The Hall–Kier alpha value is -1.48. The number of morpholine rings is 1. The lowest BCUT2D eigenvalue weighted by molar-refractivity contribution is 0.0324. The van der Waals surface area contributed by atoms with Crippen LogP contribution in [0.3, 0.4) is 0 Å². The smallest absolute Gasteiger partial charge is 0.253 e. The van der Waals surface area contributed by atoms with E-state index in [0.717, 1.165) is 58.5 Å². The normalized spacial score (nSPS) is 15.4. The minimum atomic E-state index is -3.59. The molecule has 1 aliphatic rings. The Labute approximate surface area is 175 Å². The Kier molecular flexibility index (Phi) is 10.1. The molecule has 0 radical (unpaired) electrons. The molecular weight excluding hydrogens is 390 g/mol. The largest absolute Gasteiger partial charge is 0.379 e. The molecule has 0 unspecified atom stereocenters. The average Bonchev–Trinajstić information content (AvgIpc) is 2.73. The van der Waals surface area contributed by atoms with Gasteiger partial charge < -0.3 is 9.64 Å². The van der Waals surface area contributed by atoms with Crippen LogP contribution < -0.4 is 4.72 Å². The van der Waals surface area contributed by atoms with Crippen molar-refractivity contribution in [2.24, 2.45) is 0 Å². The maximum absolute atomic E-state index is 13.2. The van der Waals surface area contributed by atoms with Crippen LogP contribution in [0, 0.1) is 0 Å². The fraction of sp³-hybridized carbons (Fsp3) is 0.667. The standard InChI is InChI=1S/C21H35N3O4S/c1-3-5-6-7-11-24(13-12-23-14-16-28-17-15-23)21(25)19-9-8-10-20(18-19)29(26,27)22-4-2/h8-10,18,22H,3-7,11-17H2,1-2H3. The molecule has 0 aromatic heterocycles. The molecule has 8 heteroatoms. The first-order valence-corrected chi connectivity index (χ1v) is 12.2. The highest BCUT2D eigenvalue weighted by Gasteiger charge is 2.20. The van der Waals surface area contributed by atoms with Crippen LogP contribution in [0.2, 0.25) is 0 Å². The first-order valence-electron chi connectivity index (χ1n) is 10.7. The zero-order valence-electron chi connectivity index (χ0n) is 17.7. The first-order chi connectivity index (χ1) is 14.0. The van der Waals surface area contributed by atoms with Gasteiger partial charge in [0.15, 0.2) is 0 Å². The number of unbranched alkanes of at least 4 members (excludes halogenated alkanes) is 3. The molecule has 7 nitrogen and oxygen atoms in total. The van der Waals surface area contributed by atoms with Crippen molar-refractivity contribution in [3.63, 3.8) is 0 Å². The summed E-state index contributed by atoms with van der Waals surface area (Å²) in [6.45, 7) is 9.56. The molecule has 1 heterocycles. The first kappa shape index (κ1) is 23.8. The maximum atomic E-state index is 13.2. The van der Waals surface area contributed by atoms with E-state index in [1.807, 2.05) is 4.90 Å². The number of hydrogen-bond acceptors (Lipinski definition) is 5. The molecular formula is C21H35N3O4S. The molecule has 1 aromatic rings. The van der Waals surface area contributed by atoms with Gasteiger partial charge in [-0.15, -0.1) is 0 Å². The molecule has 0 spiro atoms. The second-order valence-corrected chi connectivity index (χ2v) is 9.10. The third-order valence-corrected chi connectivity index (χ3v) is 6.63. The van der Waals surface area contributed by atoms with Crippen molar-refractivity contribution in [2.45, 2.75) is 44.4 Å². The summed E-state index contributed by atoms with van der Waals surface area (Å²) in [5.41, 5.74) is 0.418. The van der Waals surface area contributed by atoms with Crippen LogP contribution in [0.25, 0.3) is 0 Å². The van der Waals surface area contributed by atoms with Crippen molar-refractivity contribution < 1.29 is 17.9 Å². The van der Waals surface area contributed by atoms with Gasteiger partial charge in [-0.3, -0.25) is 9.69 Å². The number of amides is 1. The van der Waals surface area contributed by atoms with E-state index >= 15 is 0 Å². The van der Waals surface area contributed by atoms with Crippen molar-refractivity contribution in [1.82, 2.24) is 14.5 Å². The highest BCUT2D eigenvalue weighted by Crippen LogP contribution is 2.14. The average molecular weight is 426 g/mol. The summed E-state index contributed by atoms with van der Waals surface area (Å²) in [6.07, 6.45) is 4.35. The highest BCUT2D eigenvalue weighted by molar-refractivity contribution is 7.89. The quantitative estimate of drug-likeness (QED) is 0.520. The van der Waals surface area contributed by atoms with E-state index in [0.29, 0.717) is 25.2 Å². The molecule has 0 saturated carbocycles. The number of nitrogens with one attached hydrogen (secondary N) is 1. The predicted octanol–water partition coefficient (Wildman–Crippen LogP) is 2.34. The molecule has 0 bridgehead atoms. The van der Waals surface area contributed by atoms with Gasteiger partial charge in [0.1, 0.15) is 0 Å². The van der Waals surface area contributed by atoms with E-state index in [1.165, 1.54) is 12.1 Å². The monoisotopic (exact) mass is 425 g/mol. The molecule has 0 atom stereocenters.